The van der Waals surface area contributed by atoms with Crippen LogP contribution in [0.1, 0.15) is 51.9 Å². The highest BCUT2D eigenvalue weighted by atomic mass is 15.3. The van der Waals surface area contributed by atoms with Crippen LogP contribution in [-0.4, -0.2) is 22.5 Å². The second-order valence-electron chi connectivity index (χ2n) is 5.06. The Morgan fingerprint density at radius 1 is 1.08 bits per heavy atom. The van der Waals surface area contributed by atoms with Gasteiger partial charge in [0.2, 0.25) is 0 Å². The monoisotopic (exact) mass is 165 g/mol. The van der Waals surface area contributed by atoms with Gasteiger partial charge in [-0.05, 0) is 51.5 Å². The minimum atomic E-state index is 0.677. The summed E-state index contributed by atoms with van der Waals surface area (Å²) in [7, 11) is 0. The van der Waals surface area contributed by atoms with Crippen molar-refractivity contribution < 1.29 is 0 Å². The molecule has 68 valence electrons. The minimum absolute atomic E-state index is 0.677. The summed E-state index contributed by atoms with van der Waals surface area (Å²) in [6, 6.07) is 0. The second-order valence-corrected chi connectivity index (χ2v) is 5.06. The predicted octanol–water partition coefficient (Wildman–Crippen LogP) is 2.56. The van der Waals surface area contributed by atoms with Gasteiger partial charge in [-0.1, -0.05) is 6.92 Å². The fourth-order valence-corrected chi connectivity index (χ4v) is 3.75. The van der Waals surface area contributed by atoms with E-state index in [-0.39, 0.29) is 0 Å². The van der Waals surface area contributed by atoms with Crippen molar-refractivity contribution >= 4 is 0 Å². The predicted molar refractivity (Wildman–Crippen MR) is 50.2 cm³/mol. The highest BCUT2D eigenvalue weighted by Gasteiger charge is 2.61. The van der Waals surface area contributed by atoms with Gasteiger partial charge in [-0.25, -0.2) is 0 Å². The maximum Gasteiger partial charge on any atom is 0.0217 e. The maximum atomic E-state index is 2.89. The Morgan fingerprint density at radius 2 is 1.83 bits per heavy atom. The molecule has 0 aromatic rings. The van der Waals surface area contributed by atoms with Crippen LogP contribution in [0, 0.1) is 0 Å². The van der Waals surface area contributed by atoms with Gasteiger partial charge in [-0.15, -0.1) is 0 Å². The lowest BCUT2D eigenvalue weighted by Crippen LogP contribution is -2.42. The Bertz CT molecular complexity index is 207. The summed E-state index contributed by atoms with van der Waals surface area (Å²) in [5, 5.41) is 0. The maximum absolute atomic E-state index is 2.89. The molecule has 2 heterocycles. The van der Waals surface area contributed by atoms with Crippen LogP contribution in [0.2, 0.25) is 0 Å². The van der Waals surface area contributed by atoms with E-state index in [1.165, 1.54) is 51.5 Å². The molecule has 3 aliphatic rings. The first-order chi connectivity index (χ1) is 5.81. The molecule has 2 saturated heterocycles. The summed E-state index contributed by atoms with van der Waals surface area (Å²) in [6.45, 7) is 3.80. The third-order valence-electron chi connectivity index (χ3n) is 4.71. The standard InChI is InChI=1S/C11H19N/c1-2-10-4-3-9-12(10)11(6-5-10)7-8-11/h2-9H2,1H3/t10-/m0/s1. The molecule has 2 aliphatic heterocycles. The average Bonchev–Trinajstić information content (AvgIpc) is 2.64. The van der Waals surface area contributed by atoms with Gasteiger partial charge in [-0.2, -0.15) is 0 Å². The highest BCUT2D eigenvalue weighted by Crippen LogP contribution is 2.59. The highest BCUT2D eigenvalue weighted by molar-refractivity contribution is 5.17. The van der Waals surface area contributed by atoms with E-state index >= 15 is 0 Å². The van der Waals surface area contributed by atoms with Crippen LogP contribution in [0.5, 0.6) is 0 Å². The molecule has 3 fully saturated rings. The zero-order chi connectivity index (χ0) is 8.23. The summed E-state index contributed by atoms with van der Waals surface area (Å²) in [6.07, 6.45) is 10.4. The second kappa shape index (κ2) is 2.06. The Balaban J connectivity index is 1.94. The molecule has 1 aliphatic carbocycles. The van der Waals surface area contributed by atoms with Gasteiger partial charge < -0.3 is 0 Å². The van der Waals surface area contributed by atoms with Crippen molar-refractivity contribution in [1.82, 2.24) is 4.90 Å². The van der Waals surface area contributed by atoms with Gasteiger partial charge in [-0.3, -0.25) is 4.90 Å². The smallest absolute Gasteiger partial charge is 0.0217 e. The van der Waals surface area contributed by atoms with E-state index in [1.807, 2.05) is 0 Å². The molecule has 1 spiro atoms. The lowest BCUT2D eigenvalue weighted by atomic mass is 9.91. The van der Waals surface area contributed by atoms with Crippen molar-refractivity contribution in [3.8, 4) is 0 Å². The van der Waals surface area contributed by atoms with Crippen molar-refractivity contribution in [3.63, 3.8) is 0 Å². The van der Waals surface area contributed by atoms with E-state index in [0.717, 1.165) is 5.54 Å². The minimum Gasteiger partial charge on any atom is -0.292 e. The van der Waals surface area contributed by atoms with Gasteiger partial charge in [0, 0.05) is 11.1 Å². The first-order valence-electron chi connectivity index (χ1n) is 5.59. The van der Waals surface area contributed by atoms with Gasteiger partial charge in [0.05, 0.1) is 0 Å². The van der Waals surface area contributed by atoms with Gasteiger partial charge >= 0.3 is 0 Å². The van der Waals surface area contributed by atoms with E-state index in [4.69, 9.17) is 0 Å². The molecule has 1 nitrogen and oxygen atoms in total. The number of hydrogen-bond donors (Lipinski definition) is 0. The SMILES string of the molecule is CC[C@@]12CCCN1C1(CC1)CC2. The Morgan fingerprint density at radius 3 is 2.50 bits per heavy atom. The van der Waals surface area contributed by atoms with Crippen LogP contribution in [-0.2, 0) is 0 Å². The average molecular weight is 165 g/mol. The van der Waals surface area contributed by atoms with Gasteiger partial charge in [0.25, 0.3) is 0 Å². The molecule has 0 bridgehead atoms. The van der Waals surface area contributed by atoms with Crippen LogP contribution in [0.15, 0.2) is 0 Å². The van der Waals surface area contributed by atoms with Gasteiger partial charge in [0.15, 0.2) is 0 Å². The van der Waals surface area contributed by atoms with E-state index in [2.05, 4.69) is 11.8 Å². The quantitative estimate of drug-likeness (QED) is 0.577. The molecule has 0 radical (unpaired) electrons. The number of hydrogen-bond acceptors (Lipinski definition) is 1. The van der Waals surface area contributed by atoms with Crippen molar-refractivity contribution in [2.24, 2.45) is 0 Å². The molecule has 1 atom stereocenters. The molecule has 0 unspecified atom stereocenters. The number of fused-ring (bicyclic) bond motifs is 2. The van der Waals surface area contributed by atoms with Crippen molar-refractivity contribution in [1.29, 1.82) is 0 Å². The fraction of sp³-hybridized carbons (Fsp3) is 1.00. The molecule has 0 amide bonds. The molecule has 0 N–H and O–H groups in total. The lowest BCUT2D eigenvalue weighted by Gasteiger charge is -2.34. The molecule has 3 rings (SSSR count). The molecule has 12 heavy (non-hydrogen) atoms. The third kappa shape index (κ3) is 0.693. The summed E-state index contributed by atoms with van der Waals surface area (Å²) in [4.78, 5) is 2.89. The topological polar surface area (TPSA) is 3.24 Å². The molecule has 0 aromatic carbocycles. The van der Waals surface area contributed by atoms with Gasteiger partial charge in [0.1, 0.15) is 0 Å². The lowest BCUT2D eigenvalue weighted by molar-refractivity contribution is 0.133. The van der Waals surface area contributed by atoms with Crippen LogP contribution in [0.4, 0.5) is 0 Å². The van der Waals surface area contributed by atoms with E-state index in [9.17, 15) is 0 Å². The summed E-state index contributed by atoms with van der Waals surface area (Å²) < 4.78 is 0. The van der Waals surface area contributed by atoms with E-state index in [1.54, 1.807) is 0 Å². The molecule has 0 aromatic heterocycles. The van der Waals surface area contributed by atoms with Crippen LogP contribution >= 0.6 is 0 Å². The van der Waals surface area contributed by atoms with Crippen LogP contribution in [0.25, 0.3) is 0 Å². The van der Waals surface area contributed by atoms with Crippen LogP contribution < -0.4 is 0 Å². The van der Waals surface area contributed by atoms with Crippen molar-refractivity contribution in [3.05, 3.63) is 0 Å². The number of rotatable bonds is 1. The molecular weight excluding hydrogens is 146 g/mol. The number of nitrogens with zero attached hydrogens (tertiary/aromatic N) is 1. The van der Waals surface area contributed by atoms with Crippen molar-refractivity contribution in [2.75, 3.05) is 6.54 Å². The molecule has 1 heteroatoms. The Labute approximate surface area is 75.1 Å². The first kappa shape index (κ1) is 7.37. The van der Waals surface area contributed by atoms with E-state index in [0.29, 0.717) is 5.54 Å². The normalized spacial score (nSPS) is 43.8. The summed E-state index contributed by atoms with van der Waals surface area (Å²) in [5.41, 5.74) is 1.42. The fourth-order valence-electron chi connectivity index (χ4n) is 3.75. The summed E-state index contributed by atoms with van der Waals surface area (Å²) in [5.74, 6) is 0. The molecule has 1 saturated carbocycles. The first-order valence-corrected chi connectivity index (χ1v) is 5.59. The summed E-state index contributed by atoms with van der Waals surface area (Å²) >= 11 is 0. The molecular formula is C11H19N. The van der Waals surface area contributed by atoms with E-state index < -0.39 is 0 Å². The van der Waals surface area contributed by atoms with Crippen LogP contribution in [0.3, 0.4) is 0 Å². The largest absolute Gasteiger partial charge is 0.292 e. The Kier molecular flexibility index (Phi) is 1.27. The zero-order valence-electron chi connectivity index (χ0n) is 8.10. The zero-order valence-corrected chi connectivity index (χ0v) is 8.10. The van der Waals surface area contributed by atoms with Crippen molar-refractivity contribution in [2.45, 2.75) is 62.9 Å². The third-order valence-corrected chi connectivity index (χ3v) is 4.71. The Hall–Kier alpha value is -0.0400.